The van der Waals surface area contributed by atoms with Gasteiger partial charge in [0.25, 0.3) is 15.9 Å². The maximum Gasteiger partial charge on any atom is 0.527 e. The first-order valence-electron chi connectivity index (χ1n) is 14.5. The topological polar surface area (TPSA) is 173 Å². The molecule has 0 bridgehead atoms. The van der Waals surface area contributed by atoms with Gasteiger partial charge in [0.2, 0.25) is 0 Å². The van der Waals surface area contributed by atoms with Crippen LogP contribution in [0.4, 0.5) is 10.5 Å². The minimum absolute atomic E-state index is 0.0322. The highest BCUT2D eigenvalue weighted by molar-refractivity contribution is 7.98. The molecule has 1 unspecified atom stereocenters. The number of carbonyl (C=O) groups excluding carboxylic acids is 2. The lowest BCUT2D eigenvalue weighted by Gasteiger charge is -2.33. The number of hydroxylamine groups is 2. The number of anilines is 1. The Hall–Kier alpha value is -4.22. The second-order valence-corrected chi connectivity index (χ2v) is 12.6. The molecule has 0 radical (unpaired) electrons. The highest BCUT2D eigenvalue weighted by Gasteiger charge is 2.28. The SMILES string of the molecule is CCOC(=O)ON1CCN(C(=O)c2cc(NS(=O)(=O)c3ccc(SC)cc3)c(Oc3cccc(OC)c3)c(OCC(O)CO)c2)CC1. The zero-order valence-electron chi connectivity index (χ0n) is 26.1. The maximum absolute atomic E-state index is 13.8. The fourth-order valence-corrected chi connectivity index (χ4v) is 5.87. The van der Waals surface area contributed by atoms with Gasteiger partial charge in [-0.2, -0.15) is 0 Å². The number of nitrogens with zero attached hydrogens (tertiary/aromatic N) is 2. The summed E-state index contributed by atoms with van der Waals surface area (Å²) in [6.45, 7) is 1.60. The Labute approximate surface area is 277 Å². The van der Waals surface area contributed by atoms with Crippen LogP contribution in [-0.2, 0) is 19.6 Å². The molecule has 1 fully saturated rings. The van der Waals surface area contributed by atoms with Gasteiger partial charge >= 0.3 is 6.16 Å². The summed E-state index contributed by atoms with van der Waals surface area (Å²) in [7, 11) is -2.73. The highest BCUT2D eigenvalue weighted by Crippen LogP contribution is 2.42. The van der Waals surface area contributed by atoms with E-state index in [1.807, 2.05) is 6.26 Å². The summed E-state index contributed by atoms with van der Waals surface area (Å²) in [5.41, 5.74) is -0.0722. The van der Waals surface area contributed by atoms with E-state index in [1.165, 1.54) is 53.1 Å². The zero-order chi connectivity index (χ0) is 34.0. The molecule has 1 aliphatic rings. The Kier molecular flexibility index (Phi) is 12.6. The molecule has 1 amide bonds. The number of aliphatic hydroxyl groups excluding tert-OH is 2. The minimum atomic E-state index is -4.21. The number of thioether (sulfide) groups is 1. The molecule has 1 aliphatic heterocycles. The van der Waals surface area contributed by atoms with Crippen LogP contribution in [0, 0.1) is 0 Å². The first kappa shape index (κ1) is 35.6. The van der Waals surface area contributed by atoms with Gasteiger partial charge in [-0.3, -0.25) is 9.52 Å². The summed E-state index contributed by atoms with van der Waals surface area (Å²) < 4.78 is 51.8. The van der Waals surface area contributed by atoms with Crippen molar-refractivity contribution in [2.45, 2.75) is 22.8 Å². The van der Waals surface area contributed by atoms with Crippen molar-refractivity contribution in [3.63, 3.8) is 0 Å². The fourth-order valence-electron chi connectivity index (χ4n) is 4.41. The van der Waals surface area contributed by atoms with E-state index >= 15 is 0 Å². The number of sulfonamides is 1. The van der Waals surface area contributed by atoms with Crippen molar-refractivity contribution in [3.8, 4) is 23.0 Å². The van der Waals surface area contributed by atoms with Gasteiger partial charge in [-0.05, 0) is 61.7 Å². The summed E-state index contributed by atoms with van der Waals surface area (Å²) in [5, 5.41) is 20.8. The van der Waals surface area contributed by atoms with Crippen LogP contribution in [0.2, 0.25) is 0 Å². The minimum Gasteiger partial charge on any atom is -0.497 e. The van der Waals surface area contributed by atoms with Crippen molar-refractivity contribution in [1.82, 2.24) is 9.96 Å². The van der Waals surface area contributed by atoms with Crippen LogP contribution in [0.25, 0.3) is 0 Å². The molecule has 0 spiro atoms. The first-order chi connectivity index (χ1) is 22.6. The Bertz CT molecular complexity index is 1630. The maximum atomic E-state index is 13.8. The molecule has 254 valence electrons. The van der Waals surface area contributed by atoms with Gasteiger partial charge in [-0.1, -0.05) is 6.07 Å². The predicted octanol–water partition coefficient (Wildman–Crippen LogP) is 3.59. The normalized spacial score (nSPS) is 14.2. The molecule has 16 heteroatoms. The zero-order valence-corrected chi connectivity index (χ0v) is 27.7. The first-order valence-corrected chi connectivity index (χ1v) is 17.2. The summed E-state index contributed by atoms with van der Waals surface area (Å²) in [6, 6.07) is 15.5. The molecule has 0 aliphatic carbocycles. The van der Waals surface area contributed by atoms with Crippen LogP contribution in [0.1, 0.15) is 17.3 Å². The molecular weight excluding hydrogens is 654 g/mol. The molecular formula is C31H37N3O11S2. The third-order valence-electron chi connectivity index (χ3n) is 6.81. The molecule has 3 aromatic carbocycles. The highest BCUT2D eigenvalue weighted by atomic mass is 32.2. The molecule has 4 rings (SSSR count). The summed E-state index contributed by atoms with van der Waals surface area (Å²) in [4.78, 5) is 33.0. The van der Waals surface area contributed by atoms with Gasteiger partial charge in [-0.25, -0.2) is 13.2 Å². The number of hydrogen-bond donors (Lipinski definition) is 3. The van der Waals surface area contributed by atoms with Crippen molar-refractivity contribution >= 4 is 39.5 Å². The third kappa shape index (κ3) is 9.65. The molecule has 1 heterocycles. The summed E-state index contributed by atoms with van der Waals surface area (Å²) in [6.07, 6.45) is -0.248. The van der Waals surface area contributed by atoms with Crippen LogP contribution in [-0.4, -0.2) is 106 Å². The number of benzene rings is 3. The average Bonchev–Trinajstić information content (AvgIpc) is 3.08. The number of carbonyl (C=O) groups is 2. The van der Waals surface area contributed by atoms with Crippen LogP contribution in [0.3, 0.4) is 0 Å². The second kappa shape index (κ2) is 16.6. The van der Waals surface area contributed by atoms with E-state index in [1.54, 1.807) is 43.3 Å². The molecule has 3 aromatic rings. The van der Waals surface area contributed by atoms with Gasteiger partial charge in [-0.15, -0.1) is 16.8 Å². The molecule has 3 N–H and O–H groups in total. The van der Waals surface area contributed by atoms with Crippen LogP contribution in [0.15, 0.2) is 70.5 Å². The van der Waals surface area contributed by atoms with E-state index in [2.05, 4.69) is 4.72 Å². The van der Waals surface area contributed by atoms with Gasteiger partial charge in [0.05, 0.1) is 44.0 Å². The molecule has 0 saturated carbocycles. The van der Waals surface area contributed by atoms with E-state index in [0.29, 0.717) is 5.75 Å². The fraction of sp³-hybridized carbons (Fsp3) is 0.355. The van der Waals surface area contributed by atoms with Crippen molar-refractivity contribution in [1.29, 1.82) is 0 Å². The number of nitrogens with one attached hydrogen (secondary N) is 1. The van der Waals surface area contributed by atoms with Crippen LogP contribution < -0.4 is 18.9 Å². The second-order valence-electron chi connectivity index (χ2n) is 10.1. The Morgan fingerprint density at radius 2 is 1.72 bits per heavy atom. The smallest absolute Gasteiger partial charge is 0.497 e. The quantitative estimate of drug-likeness (QED) is 0.166. The van der Waals surface area contributed by atoms with E-state index in [-0.39, 0.29) is 66.2 Å². The lowest BCUT2D eigenvalue weighted by atomic mass is 10.1. The number of amides is 1. The molecule has 14 nitrogen and oxygen atoms in total. The molecule has 1 atom stereocenters. The molecule has 0 aromatic heterocycles. The largest absolute Gasteiger partial charge is 0.527 e. The molecule has 1 saturated heterocycles. The van der Waals surface area contributed by atoms with Gasteiger partial charge < -0.3 is 38.9 Å². The van der Waals surface area contributed by atoms with Gasteiger partial charge in [0, 0.05) is 29.6 Å². The number of hydrogen-bond acceptors (Lipinski definition) is 13. The standard InChI is InChI=1S/C31H37N3O11S2/c1-4-42-31(38)45-34-14-12-33(13-15-34)30(37)21-16-27(32-47(39,40)26-10-8-25(46-3)9-11-26)29(28(17-21)43-20-22(36)19-35)44-24-7-5-6-23(18-24)41-2/h5-11,16-18,22,32,35-36H,4,12-15,19-20H2,1-3H3. The van der Waals surface area contributed by atoms with Gasteiger partial charge in [0.1, 0.15) is 24.2 Å². The van der Waals surface area contributed by atoms with E-state index < -0.39 is 41.4 Å². The third-order valence-corrected chi connectivity index (χ3v) is 8.94. The van der Waals surface area contributed by atoms with Crippen LogP contribution in [0.5, 0.6) is 23.0 Å². The monoisotopic (exact) mass is 691 g/mol. The van der Waals surface area contributed by atoms with Crippen molar-refractivity contribution in [2.75, 3.05) is 64.1 Å². The number of aliphatic hydroxyl groups is 2. The Morgan fingerprint density at radius 1 is 1.02 bits per heavy atom. The molecule has 47 heavy (non-hydrogen) atoms. The predicted molar refractivity (Wildman–Crippen MR) is 173 cm³/mol. The Balaban J connectivity index is 1.73. The van der Waals surface area contributed by atoms with E-state index in [0.717, 1.165) is 4.90 Å². The summed E-state index contributed by atoms with van der Waals surface area (Å²) in [5.74, 6) is 0.0851. The Morgan fingerprint density at radius 3 is 2.36 bits per heavy atom. The number of methoxy groups -OCH3 is 1. The lowest BCUT2D eigenvalue weighted by Crippen LogP contribution is -2.49. The number of rotatable bonds is 14. The van der Waals surface area contributed by atoms with E-state index in [9.17, 15) is 28.2 Å². The van der Waals surface area contributed by atoms with Crippen molar-refractivity contribution < 1.29 is 52.0 Å². The van der Waals surface area contributed by atoms with Crippen molar-refractivity contribution in [3.05, 3.63) is 66.2 Å². The van der Waals surface area contributed by atoms with Crippen LogP contribution >= 0.6 is 11.8 Å². The lowest BCUT2D eigenvalue weighted by molar-refractivity contribution is -0.141. The summed E-state index contributed by atoms with van der Waals surface area (Å²) >= 11 is 1.46. The van der Waals surface area contributed by atoms with Gasteiger partial charge in [0.15, 0.2) is 11.5 Å². The van der Waals surface area contributed by atoms with E-state index in [4.69, 9.17) is 23.8 Å². The number of ether oxygens (including phenoxy) is 4. The average molecular weight is 692 g/mol. The number of piperazine rings is 1. The van der Waals surface area contributed by atoms with Crippen molar-refractivity contribution in [2.24, 2.45) is 0 Å².